The first-order valence-corrected chi connectivity index (χ1v) is 8.47. The zero-order valence-corrected chi connectivity index (χ0v) is 14.7. The third kappa shape index (κ3) is 3.35. The molecule has 6 nitrogen and oxygen atoms in total. The molecule has 136 valence electrons. The van der Waals surface area contributed by atoms with Gasteiger partial charge in [-0.25, -0.2) is 0 Å². The van der Waals surface area contributed by atoms with Crippen molar-refractivity contribution in [2.45, 2.75) is 25.3 Å². The van der Waals surface area contributed by atoms with Crippen molar-refractivity contribution in [3.63, 3.8) is 0 Å². The average Bonchev–Trinajstić information content (AvgIpc) is 2.97. The second-order valence-electron chi connectivity index (χ2n) is 6.09. The van der Waals surface area contributed by atoms with E-state index in [1.54, 1.807) is 31.4 Å². The van der Waals surface area contributed by atoms with Gasteiger partial charge in [-0.1, -0.05) is 24.3 Å². The molecule has 0 radical (unpaired) electrons. The van der Waals surface area contributed by atoms with E-state index in [1.165, 1.54) is 0 Å². The maximum absolute atomic E-state index is 12.3. The van der Waals surface area contributed by atoms with Gasteiger partial charge in [0.15, 0.2) is 11.5 Å². The van der Waals surface area contributed by atoms with Crippen LogP contribution in [0.4, 0.5) is 0 Å². The van der Waals surface area contributed by atoms with Crippen molar-refractivity contribution in [1.29, 1.82) is 0 Å². The van der Waals surface area contributed by atoms with E-state index in [1.807, 2.05) is 25.1 Å². The van der Waals surface area contributed by atoms with Crippen LogP contribution in [0.5, 0.6) is 11.5 Å². The van der Waals surface area contributed by atoms with Gasteiger partial charge in [-0.05, 0) is 36.2 Å². The number of hydrogen-bond acceptors (Lipinski definition) is 4. The van der Waals surface area contributed by atoms with Crippen molar-refractivity contribution in [2.24, 2.45) is 0 Å². The fourth-order valence-electron chi connectivity index (χ4n) is 3.40. The predicted octanol–water partition coefficient (Wildman–Crippen LogP) is 3.14. The molecule has 2 N–H and O–H groups in total. The van der Waals surface area contributed by atoms with Gasteiger partial charge in [0.2, 0.25) is 0 Å². The monoisotopic (exact) mass is 355 g/mol. The predicted molar refractivity (Wildman–Crippen MR) is 95.8 cm³/mol. The molecule has 2 unspecified atom stereocenters. The van der Waals surface area contributed by atoms with Gasteiger partial charge in [0.25, 0.3) is 5.91 Å². The van der Waals surface area contributed by atoms with Crippen molar-refractivity contribution in [2.75, 3.05) is 13.7 Å². The number of aliphatic carboxylic acids is 1. The molecular formula is C20H21NO5. The number of fused-ring (bicyclic) bond motifs is 1. The third-order valence-electron chi connectivity index (χ3n) is 4.54. The van der Waals surface area contributed by atoms with Crippen molar-refractivity contribution in [3.8, 4) is 11.5 Å². The van der Waals surface area contributed by atoms with E-state index in [2.05, 4.69) is 5.32 Å². The van der Waals surface area contributed by atoms with E-state index < -0.39 is 17.9 Å². The van der Waals surface area contributed by atoms with Crippen molar-refractivity contribution >= 4 is 11.9 Å². The molecular weight excluding hydrogens is 334 g/mol. The van der Waals surface area contributed by atoms with E-state index in [9.17, 15) is 14.7 Å². The Hall–Kier alpha value is -3.02. The Morgan fingerprint density at radius 3 is 2.69 bits per heavy atom. The molecule has 0 fully saturated rings. The lowest BCUT2D eigenvalue weighted by Crippen LogP contribution is -2.26. The molecule has 2 atom stereocenters. The van der Waals surface area contributed by atoms with Crippen molar-refractivity contribution in [1.82, 2.24) is 5.32 Å². The maximum atomic E-state index is 12.3. The number of carbonyl (C=O) groups is 2. The summed E-state index contributed by atoms with van der Waals surface area (Å²) in [5, 5.41) is 12.4. The Balaban J connectivity index is 2.04. The van der Waals surface area contributed by atoms with E-state index >= 15 is 0 Å². The molecule has 6 heteroatoms. The third-order valence-corrected chi connectivity index (χ3v) is 4.54. The van der Waals surface area contributed by atoms with Gasteiger partial charge < -0.3 is 19.9 Å². The molecule has 1 heterocycles. The lowest BCUT2D eigenvalue weighted by Gasteiger charge is -2.24. The summed E-state index contributed by atoms with van der Waals surface area (Å²) >= 11 is 0. The second kappa shape index (κ2) is 7.47. The highest BCUT2D eigenvalue weighted by atomic mass is 16.5. The summed E-state index contributed by atoms with van der Waals surface area (Å²) < 4.78 is 10.9. The first-order valence-electron chi connectivity index (χ1n) is 8.47. The quantitative estimate of drug-likeness (QED) is 0.797. The fraction of sp³-hybridized carbons (Fsp3) is 0.300. The molecule has 1 amide bonds. The van der Waals surface area contributed by atoms with E-state index in [0.717, 1.165) is 11.1 Å². The number of amides is 1. The minimum atomic E-state index is -0.928. The van der Waals surface area contributed by atoms with Crippen LogP contribution in [0.2, 0.25) is 0 Å². The highest BCUT2D eigenvalue weighted by molar-refractivity contribution is 5.99. The number of carboxylic acid groups (broad SMARTS) is 1. The van der Waals surface area contributed by atoms with Gasteiger partial charge in [-0.2, -0.15) is 0 Å². The normalized spacial score (nSPS) is 16.5. The molecule has 3 rings (SSSR count). The SMILES string of the molecule is CCOc1cc(C(CC(=O)O)C2NC(=O)c3ccccc32)ccc1OC. The molecule has 26 heavy (non-hydrogen) atoms. The Labute approximate surface area is 151 Å². The molecule has 1 aliphatic heterocycles. The Morgan fingerprint density at radius 1 is 1.23 bits per heavy atom. The first kappa shape index (κ1) is 17.8. The van der Waals surface area contributed by atoms with Crippen LogP contribution in [0.1, 0.15) is 46.8 Å². The molecule has 0 saturated carbocycles. The molecule has 0 saturated heterocycles. The van der Waals surface area contributed by atoms with Crippen LogP contribution in [-0.2, 0) is 4.79 Å². The maximum Gasteiger partial charge on any atom is 0.304 e. The van der Waals surface area contributed by atoms with Crippen LogP contribution >= 0.6 is 0 Å². The smallest absolute Gasteiger partial charge is 0.304 e. The van der Waals surface area contributed by atoms with Crippen molar-refractivity contribution in [3.05, 3.63) is 59.2 Å². The summed E-state index contributed by atoms with van der Waals surface area (Å²) in [4.78, 5) is 23.8. The van der Waals surface area contributed by atoms with Crippen molar-refractivity contribution < 1.29 is 24.2 Å². The number of carboxylic acids is 1. The van der Waals surface area contributed by atoms with E-state index in [-0.39, 0.29) is 12.3 Å². The Morgan fingerprint density at radius 2 is 2.00 bits per heavy atom. The number of carbonyl (C=O) groups excluding carboxylic acids is 1. The second-order valence-corrected chi connectivity index (χ2v) is 6.09. The molecule has 0 aliphatic carbocycles. The number of methoxy groups -OCH3 is 1. The Bertz CT molecular complexity index is 833. The average molecular weight is 355 g/mol. The van der Waals surface area contributed by atoms with Crippen LogP contribution in [0.15, 0.2) is 42.5 Å². The minimum absolute atomic E-state index is 0.114. The summed E-state index contributed by atoms with van der Waals surface area (Å²) in [6.45, 7) is 2.33. The molecule has 0 bridgehead atoms. The largest absolute Gasteiger partial charge is 0.493 e. The van der Waals surface area contributed by atoms with Gasteiger partial charge in [-0.15, -0.1) is 0 Å². The lowest BCUT2D eigenvalue weighted by molar-refractivity contribution is -0.137. The summed E-state index contributed by atoms with van der Waals surface area (Å²) in [5.74, 6) is -0.395. The highest BCUT2D eigenvalue weighted by Crippen LogP contribution is 2.41. The summed E-state index contributed by atoms with van der Waals surface area (Å²) in [5.41, 5.74) is 2.18. The fourth-order valence-corrected chi connectivity index (χ4v) is 3.40. The van der Waals surface area contributed by atoms with Crippen LogP contribution in [-0.4, -0.2) is 30.7 Å². The summed E-state index contributed by atoms with van der Waals surface area (Å²) in [6, 6.07) is 12.2. The van der Waals surface area contributed by atoms with Gasteiger partial charge >= 0.3 is 5.97 Å². The number of nitrogens with one attached hydrogen (secondary N) is 1. The molecule has 2 aromatic carbocycles. The topological polar surface area (TPSA) is 84.9 Å². The van der Waals surface area contributed by atoms with Gasteiger partial charge in [-0.3, -0.25) is 9.59 Å². The van der Waals surface area contributed by atoms with Crippen LogP contribution in [0.25, 0.3) is 0 Å². The van der Waals surface area contributed by atoms with Gasteiger partial charge in [0, 0.05) is 11.5 Å². The van der Waals surface area contributed by atoms with Crippen LogP contribution in [0, 0.1) is 0 Å². The number of ether oxygens (including phenoxy) is 2. The van der Waals surface area contributed by atoms with Crippen LogP contribution < -0.4 is 14.8 Å². The summed E-state index contributed by atoms with van der Waals surface area (Å²) in [6.07, 6.45) is -0.114. The zero-order chi connectivity index (χ0) is 18.7. The van der Waals surface area contributed by atoms with E-state index in [4.69, 9.17) is 9.47 Å². The molecule has 2 aromatic rings. The number of benzene rings is 2. The molecule has 1 aliphatic rings. The van der Waals surface area contributed by atoms with Gasteiger partial charge in [0.1, 0.15) is 0 Å². The Kier molecular flexibility index (Phi) is 5.11. The van der Waals surface area contributed by atoms with Crippen LogP contribution in [0.3, 0.4) is 0 Å². The highest BCUT2D eigenvalue weighted by Gasteiger charge is 2.36. The van der Waals surface area contributed by atoms with E-state index in [0.29, 0.717) is 23.7 Å². The molecule has 0 aromatic heterocycles. The zero-order valence-electron chi connectivity index (χ0n) is 14.7. The number of rotatable bonds is 7. The minimum Gasteiger partial charge on any atom is -0.493 e. The molecule has 0 spiro atoms. The standard InChI is InChI=1S/C20H21NO5/c1-3-26-17-10-12(8-9-16(17)25-2)15(11-18(22)23)19-13-6-4-5-7-14(13)20(24)21-19/h4-10,15,19H,3,11H2,1-2H3,(H,21,24)(H,22,23). The summed E-state index contributed by atoms with van der Waals surface area (Å²) in [7, 11) is 1.56. The first-order chi connectivity index (χ1) is 12.5. The number of hydrogen-bond donors (Lipinski definition) is 2. The lowest BCUT2D eigenvalue weighted by atomic mass is 9.85. The van der Waals surface area contributed by atoms with Gasteiger partial charge in [0.05, 0.1) is 26.2 Å².